The molecule has 0 bridgehead atoms. The molecular weight excluding hydrogens is 266 g/mol. The van der Waals surface area contributed by atoms with Crippen LogP contribution in [-0.2, 0) is 10.0 Å². The van der Waals surface area contributed by atoms with Gasteiger partial charge >= 0.3 is 0 Å². The first kappa shape index (κ1) is 14.2. The molecule has 19 heavy (non-hydrogen) atoms. The molecule has 1 rings (SSSR count). The average Bonchev–Trinajstić information content (AvgIpc) is 2.38. The maximum absolute atomic E-state index is 11.2. The van der Waals surface area contributed by atoms with Crippen molar-refractivity contribution in [2.24, 2.45) is 5.14 Å². The van der Waals surface area contributed by atoms with Crippen molar-refractivity contribution in [3.05, 3.63) is 35.5 Å². The van der Waals surface area contributed by atoms with Crippen LogP contribution in [0.4, 0.5) is 5.69 Å². The van der Waals surface area contributed by atoms with Crippen LogP contribution in [0.2, 0.25) is 0 Å². The normalized spacial score (nSPS) is 9.58. The molecule has 94 valence electrons. The number of benzene rings is 1. The second-order valence-electron chi connectivity index (χ2n) is 3.28. The van der Waals surface area contributed by atoms with Gasteiger partial charge in [0.05, 0.1) is 4.90 Å². The number of nitrogens with one attached hydrogen (secondary N) is 1. The lowest BCUT2D eigenvalue weighted by Crippen LogP contribution is -2.12. The number of nitriles is 3. The van der Waals surface area contributed by atoms with Crippen LogP contribution >= 0.6 is 0 Å². The van der Waals surface area contributed by atoms with Gasteiger partial charge < -0.3 is 5.32 Å². The Morgan fingerprint density at radius 1 is 1.16 bits per heavy atom. The van der Waals surface area contributed by atoms with E-state index in [-0.39, 0.29) is 16.3 Å². The highest BCUT2D eigenvalue weighted by molar-refractivity contribution is 7.89. The van der Waals surface area contributed by atoms with E-state index in [1.807, 2.05) is 0 Å². The summed E-state index contributed by atoms with van der Waals surface area (Å²) in [4.78, 5) is -0.148. The zero-order chi connectivity index (χ0) is 14.5. The predicted molar refractivity (Wildman–Crippen MR) is 65.3 cm³/mol. The van der Waals surface area contributed by atoms with Crippen LogP contribution in [0.25, 0.3) is 0 Å². The summed E-state index contributed by atoms with van der Waals surface area (Å²) in [6.45, 7) is 0. The molecule has 0 heterocycles. The molecule has 0 aliphatic carbocycles. The van der Waals surface area contributed by atoms with Crippen molar-refractivity contribution < 1.29 is 8.42 Å². The number of nitrogens with zero attached hydrogens (tertiary/aromatic N) is 3. The molecule has 0 aliphatic rings. The minimum Gasteiger partial charge on any atom is -0.345 e. The first-order valence-corrected chi connectivity index (χ1v) is 6.31. The van der Waals surface area contributed by atoms with Gasteiger partial charge in [0, 0.05) is 5.69 Å². The molecule has 0 fully saturated rings. The topological polar surface area (TPSA) is 144 Å². The van der Waals surface area contributed by atoms with Gasteiger partial charge in [-0.1, -0.05) is 6.07 Å². The number of sulfonamides is 1. The smallest absolute Gasteiger partial charge is 0.238 e. The molecule has 1 aromatic carbocycles. The van der Waals surface area contributed by atoms with E-state index in [1.54, 1.807) is 18.2 Å². The highest BCUT2D eigenvalue weighted by Gasteiger charge is 2.10. The third kappa shape index (κ3) is 3.55. The summed E-state index contributed by atoms with van der Waals surface area (Å²) in [5.41, 5.74) is -0.439. The van der Waals surface area contributed by atoms with E-state index in [9.17, 15) is 8.42 Å². The number of primary sulfonamides is 1. The van der Waals surface area contributed by atoms with Crippen molar-refractivity contribution in [3.63, 3.8) is 0 Å². The monoisotopic (exact) mass is 273 g/mol. The zero-order valence-electron chi connectivity index (χ0n) is 9.45. The van der Waals surface area contributed by atoms with Crippen molar-refractivity contribution in [2.45, 2.75) is 4.90 Å². The first-order chi connectivity index (χ1) is 8.92. The molecule has 0 atom stereocenters. The van der Waals surface area contributed by atoms with E-state index >= 15 is 0 Å². The number of hydrogen-bond acceptors (Lipinski definition) is 6. The minimum absolute atomic E-state index is 0.148. The molecule has 0 radical (unpaired) electrons. The second kappa shape index (κ2) is 5.65. The number of allylic oxidation sites excluding steroid dienone is 2. The van der Waals surface area contributed by atoms with Crippen LogP contribution in [0.15, 0.2) is 40.4 Å². The Hall–Kier alpha value is -2.86. The number of anilines is 1. The standard InChI is InChI=1S/C11H7N5O2S/c12-5-8(6-13)11(7-14)16-9-2-1-3-10(4-9)19(15,17)18/h1-4,16H,(H2,15,17,18). The highest BCUT2D eigenvalue weighted by Crippen LogP contribution is 2.16. The lowest BCUT2D eigenvalue weighted by molar-refractivity contribution is 0.598. The third-order valence-electron chi connectivity index (χ3n) is 2.02. The summed E-state index contributed by atoms with van der Waals surface area (Å²) in [5.74, 6) is 0. The summed E-state index contributed by atoms with van der Waals surface area (Å²) in [6.07, 6.45) is 0. The van der Waals surface area contributed by atoms with E-state index in [2.05, 4.69) is 5.32 Å². The maximum Gasteiger partial charge on any atom is 0.238 e. The number of rotatable bonds is 3. The third-order valence-corrected chi connectivity index (χ3v) is 2.93. The van der Waals surface area contributed by atoms with E-state index in [0.29, 0.717) is 0 Å². The number of nitrogens with two attached hydrogens (primary N) is 1. The Morgan fingerprint density at radius 3 is 2.26 bits per heavy atom. The Bertz CT molecular complexity index is 744. The van der Waals surface area contributed by atoms with Crippen molar-refractivity contribution >= 4 is 15.7 Å². The van der Waals surface area contributed by atoms with Crippen LogP contribution in [0, 0.1) is 34.0 Å². The fraction of sp³-hybridized carbons (Fsp3) is 0. The summed E-state index contributed by atoms with van der Waals surface area (Å²) >= 11 is 0. The molecule has 8 heteroatoms. The lowest BCUT2D eigenvalue weighted by atomic mass is 10.2. The molecule has 3 N–H and O–H groups in total. The summed E-state index contributed by atoms with van der Waals surface area (Å²) in [6, 6.07) is 10.1. The van der Waals surface area contributed by atoms with Gasteiger partial charge in [0.1, 0.15) is 23.9 Å². The van der Waals surface area contributed by atoms with Gasteiger partial charge in [-0.05, 0) is 18.2 Å². The summed E-state index contributed by atoms with van der Waals surface area (Å²) in [7, 11) is -3.87. The summed E-state index contributed by atoms with van der Waals surface area (Å²) < 4.78 is 22.3. The van der Waals surface area contributed by atoms with Gasteiger partial charge in [-0.15, -0.1) is 0 Å². The fourth-order valence-corrected chi connectivity index (χ4v) is 1.74. The van der Waals surface area contributed by atoms with Gasteiger partial charge in [-0.3, -0.25) is 0 Å². The largest absolute Gasteiger partial charge is 0.345 e. The van der Waals surface area contributed by atoms with Crippen LogP contribution < -0.4 is 10.5 Å². The van der Waals surface area contributed by atoms with E-state index in [1.165, 1.54) is 24.3 Å². The summed E-state index contributed by atoms with van der Waals surface area (Å²) in [5, 5.41) is 33.6. The van der Waals surface area contributed by atoms with Gasteiger partial charge in [0.15, 0.2) is 5.57 Å². The molecule has 0 spiro atoms. The Balaban J connectivity index is 3.23. The van der Waals surface area contributed by atoms with Crippen molar-refractivity contribution in [2.75, 3.05) is 5.32 Å². The molecule has 1 aromatic rings. The second-order valence-corrected chi connectivity index (χ2v) is 4.84. The van der Waals surface area contributed by atoms with Crippen molar-refractivity contribution in [1.29, 1.82) is 15.8 Å². The van der Waals surface area contributed by atoms with Crippen molar-refractivity contribution in [1.82, 2.24) is 0 Å². The Labute approximate surface area is 109 Å². The van der Waals surface area contributed by atoms with Crippen LogP contribution in [0.1, 0.15) is 0 Å². The van der Waals surface area contributed by atoms with Crippen LogP contribution in [-0.4, -0.2) is 8.42 Å². The first-order valence-electron chi connectivity index (χ1n) is 4.77. The predicted octanol–water partition coefficient (Wildman–Crippen LogP) is 0.571. The molecule has 0 saturated heterocycles. The van der Waals surface area contributed by atoms with Crippen LogP contribution in [0.3, 0.4) is 0 Å². The van der Waals surface area contributed by atoms with Gasteiger partial charge in [-0.25, -0.2) is 13.6 Å². The highest BCUT2D eigenvalue weighted by atomic mass is 32.2. The molecule has 0 aliphatic heterocycles. The van der Waals surface area contributed by atoms with Gasteiger partial charge in [-0.2, -0.15) is 15.8 Å². The van der Waals surface area contributed by atoms with Gasteiger partial charge in [0.2, 0.25) is 10.0 Å². The Morgan fingerprint density at radius 2 is 1.79 bits per heavy atom. The molecule has 0 amide bonds. The molecular formula is C11H7N5O2S. The SMILES string of the molecule is N#CC(C#N)=C(C#N)Nc1cccc(S(N)(=O)=O)c1. The molecule has 7 nitrogen and oxygen atoms in total. The van der Waals surface area contributed by atoms with E-state index in [4.69, 9.17) is 20.9 Å². The fourth-order valence-electron chi connectivity index (χ4n) is 1.18. The average molecular weight is 273 g/mol. The molecule has 0 unspecified atom stereocenters. The maximum atomic E-state index is 11.2. The quantitative estimate of drug-likeness (QED) is 0.770. The number of hydrogen-bond donors (Lipinski definition) is 2. The Kier molecular flexibility index (Phi) is 4.23. The van der Waals surface area contributed by atoms with E-state index < -0.39 is 15.6 Å². The lowest BCUT2D eigenvalue weighted by Gasteiger charge is -2.06. The molecule has 0 saturated carbocycles. The van der Waals surface area contributed by atoms with E-state index in [0.717, 1.165) is 0 Å². The van der Waals surface area contributed by atoms with Crippen molar-refractivity contribution in [3.8, 4) is 18.2 Å². The van der Waals surface area contributed by atoms with Crippen LogP contribution in [0.5, 0.6) is 0 Å². The van der Waals surface area contributed by atoms with Gasteiger partial charge in [0.25, 0.3) is 0 Å². The minimum atomic E-state index is -3.87. The zero-order valence-corrected chi connectivity index (χ0v) is 10.3. The molecule has 0 aromatic heterocycles.